The maximum absolute atomic E-state index is 13.4. The number of hydrogen-bond acceptors (Lipinski definition) is 2. The number of para-hydroxylation sites is 1. The summed E-state index contributed by atoms with van der Waals surface area (Å²) in [5.74, 6) is -0.142. The van der Waals surface area contributed by atoms with Gasteiger partial charge in [0.25, 0.3) is 0 Å². The minimum Gasteiger partial charge on any atom is -0.490 e. The third kappa shape index (κ3) is 1.21. The molecule has 2 aliphatic rings. The van der Waals surface area contributed by atoms with E-state index < -0.39 is 11.2 Å². The fraction of sp³-hybridized carbons (Fsp3) is 0.364. The van der Waals surface area contributed by atoms with Gasteiger partial charge in [-0.15, -0.1) is 0 Å². The Morgan fingerprint density at radius 3 is 2.93 bits per heavy atom. The van der Waals surface area contributed by atoms with Crippen molar-refractivity contribution >= 4 is 11.6 Å². The lowest BCUT2D eigenvalue weighted by Crippen LogP contribution is -2.26. The van der Waals surface area contributed by atoms with Crippen molar-refractivity contribution in [3.63, 3.8) is 0 Å². The molecule has 0 aromatic heterocycles. The molecular weight excluding hydrogens is 197 g/mol. The Morgan fingerprint density at radius 1 is 1.40 bits per heavy atom. The van der Waals surface area contributed by atoms with Crippen molar-refractivity contribution in [3.8, 4) is 5.75 Å². The zero-order chi connectivity index (χ0) is 10.5. The minimum atomic E-state index is -0.446. The predicted octanol–water partition coefficient (Wildman–Crippen LogP) is 1.94. The van der Waals surface area contributed by atoms with Crippen LogP contribution in [-0.4, -0.2) is 12.5 Å². The predicted molar refractivity (Wildman–Crippen MR) is 52.2 cm³/mol. The summed E-state index contributed by atoms with van der Waals surface area (Å²) >= 11 is 0. The van der Waals surface area contributed by atoms with Gasteiger partial charge in [0.15, 0.2) is 5.82 Å². The summed E-state index contributed by atoms with van der Waals surface area (Å²) in [6, 6.07) is 4.55. The van der Waals surface area contributed by atoms with Gasteiger partial charge in [-0.2, -0.15) is 0 Å². The number of nitrogens with one attached hydrogen (secondary N) is 1. The van der Waals surface area contributed by atoms with Crippen molar-refractivity contribution in [2.45, 2.75) is 12.8 Å². The van der Waals surface area contributed by atoms with Gasteiger partial charge >= 0.3 is 0 Å². The number of ether oxygens (including phenoxy) is 1. The number of amides is 1. The highest BCUT2D eigenvalue weighted by Crippen LogP contribution is 2.49. The van der Waals surface area contributed by atoms with Crippen molar-refractivity contribution in [1.29, 1.82) is 0 Å². The summed E-state index contributed by atoms with van der Waals surface area (Å²) in [7, 11) is 0. The highest BCUT2D eigenvalue weighted by molar-refractivity contribution is 5.99. The summed E-state index contributed by atoms with van der Waals surface area (Å²) in [5.41, 5.74) is -0.225. The minimum absolute atomic E-state index is 0.119. The van der Waals surface area contributed by atoms with Gasteiger partial charge in [-0.3, -0.25) is 4.79 Å². The zero-order valence-corrected chi connectivity index (χ0v) is 8.05. The normalized spacial score (nSPS) is 21.3. The SMILES string of the molecule is O=C1Nc2c(F)cccc2OCC12CC2. The number of halogens is 1. The molecule has 0 unspecified atom stereocenters. The average Bonchev–Trinajstić information content (AvgIpc) is 3.00. The zero-order valence-electron chi connectivity index (χ0n) is 8.05. The lowest BCUT2D eigenvalue weighted by Gasteiger charge is -2.08. The number of carbonyl (C=O) groups excluding carboxylic acids is 1. The number of hydrogen-bond donors (Lipinski definition) is 1. The summed E-state index contributed by atoms with van der Waals surface area (Å²) in [5, 5.41) is 2.60. The fourth-order valence-electron chi connectivity index (χ4n) is 1.80. The van der Waals surface area contributed by atoms with Crippen molar-refractivity contribution in [1.82, 2.24) is 0 Å². The van der Waals surface area contributed by atoms with E-state index in [1.54, 1.807) is 12.1 Å². The summed E-state index contributed by atoms with van der Waals surface area (Å²) in [6.07, 6.45) is 1.66. The molecule has 78 valence electrons. The highest BCUT2D eigenvalue weighted by atomic mass is 19.1. The molecular formula is C11H10FNO2. The van der Waals surface area contributed by atoms with Gasteiger partial charge in [0.1, 0.15) is 18.0 Å². The van der Waals surface area contributed by atoms with E-state index in [0.29, 0.717) is 12.4 Å². The largest absolute Gasteiger partial charge is 0.490 e. The van der Waals surface area contributed by atoms with E-state index in [0.717, 1.165) is 12.8 Å². The van der Waals surface area contributed by atoms with Crippen molar-refractivity contribution in [3.05, 3.63) is 24.0 Å². The number of carbonyl (C=O) groups is 1. The van der Waals surface area contributed by atoms with Crippen LogP contribution in [0.5, 0.6) is 5.75 Å². The van der Waals surface area contributed by atoms with Crippen LogP contribution < -0.4 is 10.1 Å². The molecule has 1 fully saturated rings. The van der Waals surface area contributed by atoms with E-state index in [9.17, 15) is 9.18 Å². The second kappa shape index (κ2) is 2.72. The second-order valence-corrected chi connectivity index (χ2v) is 4.14. The van der Waals surface area contributed by atoms with Crippen LogP contribution >= 0.6 is 0 Å². The first-order valence-corrected chi connectivity index (χ1v) is 4.94. The van der Waals surface area contributed by atoms with Gasteiger partial charge in [0.2, 0.25) is 5.91 Å². The number of fused-ring (bicyclic) bond motifs is 1. The van der Waals surface area contributed by atoms with Gasteiger partial charge in [-0.25, -0.2) is 4.39 Å². The first-order chi connectivity index (χ1) is 7.21. The van der Waals surface area contributed by atoms with Crippen LogP contribution in [0.2, 0.25) is 0 Å². The maximum Gasteiger partial charge on any atom is 0.234 e. The van der Waals surface area contributed by atoms with Crippen LogP contribution in [0.15, 0.2) is 18.2 Å². The molecule has 1 spiro atoms. The molecule has 1 amide bonds. The Bertz CT molecular complexity index is 440. The first kappa shape index (κ1) is 8.71. The molecule has 1 aromatic carbocycles. The smallest absolute Gasteiger partial charge is 0.234 e. The van der Waals surface area contributed by atoms with E-state index >= 15 is 0 Å². The van der Waals surface area contributed by atoms with Gasteiger partial charge < -0.3 is 10.1 Å². The summed E-state index contributed by atoms with van der Waals surface area (Å²) in [4.78, 5) is 11.8. The van der Waals surface area contributed by atoms with Crippen LogP contribution in [0.1, 0.15) is 12.8 Å². The Hall–Kier alpha value is -1.58. The maximum atomic E-state index is 13.4. The van der Waals surface area contributed by atoms with Crippen LogP contribution in [-0.2, 0) is 4.79 Å². The Morgan fingerprint density at radius 2 is 2.20 bits per heavy atom. The van der Waals surface area contributed by atoms with Gasteiger partial charge in [-0.1, -0.05) is 6.07 Å². The molecule has 0 atom stereocenters. The number of anilines is 1. The summed E-state index contributed by atoms with van der Waals surface area (Å²) < 4.78 is 18.9. The first-order valence-electron chi connectivity index (χ1n) is 4.94. The molecule has 4 heteroatoms. The molecule has 1 aliphatic carbocycles. The van der Waals surface area contributed by atoms with E-state index in [-0.39, 0.29) is 11.6 Å². The van der Waals surface area contributed by atoms with Crippen LogP contribution in [0, 0.1) is 11.2 Å². The van der Waals surface area contributed by atoms with Crippen LogP contribution in [0.3, 0.4) is 0 Å². The Kier molecular flexibility index (Phi) is 1.58. The molecule has 1 heterocycles. The monoisotopic (exact) mass is 207 g/mol. The fourth-order valence-corrected chi connectivity index (χ4v) is 1.80. The van der Waals surface area contributed by atoms with E-state index in [2.05, 4.69) is 5.32 Å². The third-order valence-corrected chi connectivity index (χ3v) is 3.05. The molecule has 0 bridgehead atoms. The molecule has 15 heavy (non-hydrogen) atoms. The lowest BCUT2D eigenvalue weighted by atomic mass is 10.1. The number of rotatable bonds is 0. The van der Waals surface area contributed by atoms with Gasteiger partial charge in [-0.05, 0) is 25.0 Å². The molecule has 3 nitrogen and oxygen atoms in total. The van der Waals surface area contributed by atoms with E-state index in [1.807, 2.05) is 0 Å². The quantitative estimate of drug-likeness (QED) is 0.706. The van der Waals surface area contributed by atoms with Crippen molar-refractivity contribution in [2.75, 3.05) is 11.9 Å². The molecule has 3 rings (SSSR count). The summed E-state index contributed by atoms with van der Waals surface area (Å²) in [6.45, 7) is 0.356. The van der Waals surface area contributed by atoms with Crippen LogP contribution in [0.4, 0.5) is 10.1 Å². The molecule has 1 aromatic rings. The van der Waals surface area contributed by atoms with E-state index in [4.69, 9.17) is 4.74 Å². The molecule has 1 aliphatic heterocycles. The second-order valence-electron chi connectivity index (χ2n) is 4.14. The third-order valence-electron chi connectivity index (χ3n) is 3.05. The average molecular weight is 207 g/mol. The van der Waals surface area contributed by atoms with Gasteiger partial charge in [0, 0.05) is 0 Å². The van der Waals surface area contributed by atoms with Gasteiger partial charge in [0.05, 0.1) is 5.41 Å². The number of benzene rings is 1. The Labute approximate surface area is 86.2 Å². The molecule has 0 saturated heterocycles. The molecule has 1 saturated carbocycles. The lowest BCUT2D eigenvalue weighted by molar-refractivity contribution is -0.121. The Balaban J connectivity index is 2.04. The van der Waals surface area contributed by atoms with Crippen LogP contribution in [0.25, 0.3) is 0 Å². The van der Waals surface area contributed by atoms with Crippen molar-refractivity contribution < 1.29 is 13.9 Å². The molecule has 0 radical (unpaired) electrons. The standard InChI is InChI=1S/C11H10FNO2/c12-7-2-1-3-8-9(7)13-10(14)11(4-5-11)6-15-8/h1-3H,4-6H2,(H,13,14). The van der Waals surface area contributed by atoms with E-state index in [1.165, 1.54) is 6.07 Å². The molecule has 1 N–H and O–H groups in total. The topological polar surface area (TPSA) is 38.3 Å². The highest BCUT2D eigenvalue weighted by Gasteiger charge is 2.52. The van der Waals surface area contributed by atoms with Crippen molar-refractivity contribution in [2.24, 2.45) is 5.41 Å².